The summed E-state index contributed by atoms with van der Waals surface area (Å²) in [6.07, 6.45) is 1.44. The highest BCUT2D eigenvalue weighted by Crippen LogP contribution is 2.26. The highest BCUT2D eigenvalue weighted by atomic mass is 32.2. The molecule has 0 aliphatic rings. The molecule has 2 aromatic rings. The predicted octanol–water partition coefficient (Wildman–Crippen LogP) is 1.37. The van der Waals surface area contributed by atoms with Crippen molar-refractivity contribution in [1.82, 2.24) is 14.7 Å². The number of hydrogen-bond donors (Lipinski definition) is 2. The lowest BCUT2D eigenvalue weighted by molar-refractivity contribution is 0.558. The summed E-state index contributed by atoms with van der Waals surface area (Å²) in [5.41, 5.74) is 7.03. The van der Waals surface area contributed by atoms with Gasteiger partial charge in [-0.3, -0.25) is 0 Å². The Morgan fingerprint density at radius 3 is 2.83 bits per heavy atom. The van der Waals surface area contributed by atoms with Gasteiger partial charge in [0, 0.05) is 24.7 Å². The molecule has 9 heteroatoms. The summed E-state index contributed by atoms with van der Waals surface area (Å²) in [5, 5.41) is 8.45. The Morgan fingerprint density at radius 1 is 1.43 bits per heavy atom. The summed E-state index contributed by atoms with van der Waals surface area (Å²) in [6.45, 7) is 1.60. The van der Waals surface area contributed by atoms with Gasteiger partial charge in [0.2, 0.25) is 16.0 Å². The first-order valence-electron chi connectivity index (χ1n) is 6.61. The first kappa shape index (κ1) is 16.8. The Hall–Kier alpha value is -2.57. The van der Waals surface area contributed by atoms with Gasteiger partial charge in [-0.15, -0.1) is 0 Å². The van der Waals surface area contributed by atoms with Crippen molar-refractivity contribution in [3.05, 3.63) is 35.9 Å². The molecule has 0 amide bonds. The quantitative estimate of drug-likeness (QED) is 0.796. The number of nitrogen functional groups attached to an aromatic ring is 1. The number of anilines is 1. The van der Waals surface area contributed by atoms with E-state index in [2.05, 4.69) is 14.7 Å². The largest absolute Gasteiger partial charge is 0.368 e. The smallest absolute Gasteiger partial charge is 0.243 e. The zero-order valence-electron chi connectivity index (χ0n) is 12.2. The van der Waals surface area contributed by atoms with Crippen LogP contribution in [0.25, 0.3) is 11.1 Å². The van der Waals surface area contributed by atoms with E-state index in [-0.39, 0.29) is 18.9 Å². The summed E-state index contributed by atoms with van der Waals surface area (Å²) in [5.74, 6) is -0.786. The first-order chi connectivity index (χ1) is 10.8. The van der Waals surface area contributed by atoms with Gasteiger partial charge in [0.25, 0.3) is 0 Å². The van der Waals surface area contributed by atoms with Crippen LogP contribution in [0.3, 0.4) is 0 Å². The molecule has 0 bridgehead atoms. The van der Waals surface area contributed by atoms with Crippen LogP contribution < -0.4 is 10.5 Å². The number of sulfonamides is 1. The molecule has 0 fully saturated rings. The van der Waals surface area contributed by atoms with E-state index in [4.69, 9.17) is 11.0 Å². The number of nitrogens with two attached hydrogens (primary N) is 1. The topological polar surface area (TPSA) is 122 Å². The van der Waals surface area contributed by atoms with E-state index in [1.807, 2.05) is 6.07 Å². The van der Waals surface area contributed by atoms with Crippen molar-refractivity contribution < 1.29 is 12.8 Å². The van der Waals surface area contributed by atoms with Gasteiger partial charge in [-0.05, 0) is 24.6 Å². The average molecular weight is 335 g/mol. The molecule has 3 N–H and O–H groups in total. The van der Waals surface area contributed by atoms with E-state index in [0.29, 0.717) is 16.8 Å². The second kappa shape index (κ2) is 6.68. The fourth-order valence-electron chi connectivity index (χ4n) is 1.96. The molecule has 1 aromatic carbocycles. The number of aromatic nitrogens is 2. The SMILES string of the molecule is Cc1nc(N)ncc1-c1ccc(F)c(S(=O)(=O)NCCC#N)c1. The molecule has 0 saturated heterocycles. The van der Waals surface area contributed by atoms with Crippen LogP contribution in [0.15, 0.2) is 29.3 Å². The number of nitriles is 1. The van der Waals surface area contributed by atoms with Crippen LogP contribution in [-0.2, 0) is 10.0 Å². The lowest BCUT2D eigenvalue weighted by atomic mass is 10.1. The maximum Gasteiger partial charge on any atom is 0.243 e. The van der Waals surface area contributed by atoms with Crippen molar-refractivity contribution in [3.8, 4) is 17.2 Å². The van der Waals surface area contributed by atoms with Crippen LogP contribution in [0.5, 0.6) is 0 Å². The Morgan fingerprint density at radius 2 is 2.17 bits per heavy atom. The molecule has 7 nitrogen and oxygen atoms in total. The van der Waals surface area contributed by atoms with Crippen molar-refractivity contribution in [2.24, 2.45) is 0 Å². The molecule has 23 heavy (non-hydrogen) atoms. The molecule has 0 radical (unpaired) electrons. The van der Waals surface area contributed by atoms with Crippen LogP contribution in [0.2, 0.25) is 0 Å². The monoisotopic (exact) mass is 335 g/mol. The summed E-state index contributed by atoms with van der Waals surface area (Å²) in [6, 6.07) is 5.50. The van der Waals surface area contributed by atoms with Crippen molar-refractivity contribution in [3.63, 3.8) is 0 Å². The van der Waals surface area contributed by atoms with Crippen molar-refractivity contribution in [1.29, 1.82) is 5.26 Å². The molecule has 120 valence electrons. The zero-order chi connectivity index (χ0) is 17.0. The molecule has 1 aromatic heterocycles. The van der Waals surface area contributed by atoms with Gasteiger partial charge in [-0.1, -0.05) is 6.07 Å². The van der Waals surface area contributed by atoms with Gasteiger partial charge in [-0.25, -0.2) is 27.5 Å². The lowest BCUT2D eigenvalue weighted by Crippen LogP contribution is -2.25. The number of nitrogens with one attached hydrogen (secondary N) is 1. The molecule has 0 spiro atoms. The maximum absolute atomic E-state index is 13.9. The van der Waals surface area contributed by atoms with Gasteiger partial charge >= 0.3 is 0 Å². The highest BCUT2D eigenvalue weighted by molar-refractivity contribution is 7.89. The molecule has 0 aliphatic heterocycles. The predicted molar refractivity (Wildman–Crippen MR) is 82.0 cm³/mol. The van der Waals surface area contributed by atoms with E-state index >= 15 is 0 Å². The molecule has 0 saturated carbocycles. The molecule has 0 unspecified atom stereocenters. The zero-order valence-corrected chi connectivity index (χ0v) is 13.1. The van der Waals surface area contributed by atoms with Crippen molar-refractivity contribution in [2.45, 2.75) is 18.2 Å². The highest BCUT2D eigenvalue weighted by Gasteiger charge is 2.20. The molecule has 2 rings (SSSR count). The number of rotatable bonds is 5. The average Bonchev–Trinajstić information content (AvgIpc) is 2.48. The first-order valence-corrected chi connectivity index (χ1v) is 8.09. The summed E-state index contributed by atoms with van der Waals surface area (Å²) >= 11 is 0. The Labute approximate surface area is 133 Å². The number of benzene rings is 1. The minimum atomic E-state index is -4.06. The van der Waals surface area contributed by atoms with Crippen LogP contribution in [0.1, 0.15) is 12.1 Å². The third-order valence-electron chi connectivity index (χ3n) is 3.06. The van der Waals surface area contributed by atoms with Crippen LogP contribution in [0.4, 0.5) is 10.3 Å². The number of hydrogen-bond acceptors (Lipinski definition) is 6. The Bertz CT molecular complexity index is 877. The Kier molecular flexibility index (Phi) is 4.88. The lowest BCUT2D eigenvalue weighted by Gasteiger charge is -2.10. The fourth-order valence-corrected chi connectivity index (χ4v) is 3.10. The van der Waals surface area contributed by atoms with Crippen molar-refractivity contribution >= 4 is 16.0 Å². The van der Waals surface area contributed by atoms with Gasteiger partial charge < -0.3 is 5.73 Å². The summed E-state index contributed by atoms with van der Waals surface area (Å²) in [4.78, 5) is 7.36. The second-order valence-corrected chi connectivity index (χ2v) is 6.41. The number of nitrogens with zero attached hydrogens (tertiary/aromatic N) is 3. The van der Waals surface area contributed by atoms with E-state index in [9.17, 15) is 12.8 Å². The maximum atomic E-state index is 13.9. The molecule has 0 atom stereocenters. The molecular formula is C14H14FN5O2S. The van der Waals surface area contributed by atoms with Gasteiger partial charge in [0.05, 0.1) is 11.8 Å². The van der Waals surface area contributed by atoms with Gasteiger partial charge in [0.15, 0.2) is 0 Å². The summed E-state index contributed by atoms with van der Waals surface area (Å²) in [7, 11) is -4.06. The van der Waals surface area contributed by atoms with E-state index in [1.165, 1.54) is 18.3 Å². The fraction of sp³-hybridized carbons (Fsp3) is 0.214. The normalized spacial score (nSPS) is 11.2. The van der Waals surface area contributed by atoms with E-state index < -0.39 is 20.7 Å². The number of halogens is 1. The van der Waals surface area contributed by atoms with Crippen LogP contribution in [-0.4, -0.2) is 24.9 Å². The Balaban J connectivity index is 2.45. The second-order valence-electron chi connectivity index (χ2n) is 4.68. The van der Waals surface area contributed by atoms with Crippen LogP contribution >= 0.6 is 0 Å². The minimum absolute atomic E-state index is 0.00848. The van der Waals surface area contributed by atoms with E-state index in [0.717, 1.165) is 6.07 Å². The minimum Gasteiger partial charge on any atom is -0.368 e. The van der Waals surface area contributed by atoms with Gasteiger partial charge in [0.1, 0.15) is 10.7 Å². The summed E-state index contributed by atoms with van der Waals surface area (Å²) < 4.78 is 40.4. The molecular weight excluding hydrogens is 321 g/mol. The van der Waals surface area contributed by atoms with Gasteiger partial charge in [-0.2, -0.15) is 5.26 Å². The van der Waals surface area contributed by atoms with E-state index in [1.54, 1.807) is 6.92 Å². The number of aryl methyl sites for hydroxylation is 1. The third-order valence-corrected chi connectivity index (χ3v) is 4.53. The van der Waals surface area contributed by atoms with Crippen LogP contribution in [0, 0.1) is 24.1 Å². The standard InChI is InChI=1S/C14H14FN5O2S/c1-9-11(8-18-14(17)20-9)10-3-4-12(15)13(7-10)23(21,22)19-6-2-5-16/h3-4,7-8,19H,2,6H2,1H3,(H2,17,18,20). The molecule has 1 heterocycles. The third kappa shape index (κ3) is 3.80. The molecule has 0 aliphatic carbocycles. The van der Waals surface area contributed by atoms with Crippen molar-refractivity contribution in [2.75, 3.05) is 12.3 Å².